The summed E-state index contributed by atoms with van der Waals surface area (Å²) in [5, 5.41) is 8.48. The van der Waals surface area contributed by atoms with Gasteiger partial charge in [-0.2, -0.15) is 0 Å². The fraction of sp³-hybridized carbons (Fsp3) is 0.333. The maximum Gasteiger partial charge on any atom is 0.310 e. The third-order valence-electron chi connectivity index (χ3n) is 1.98. The Morgan fingerprint density at radius 2 is 2.18 bits per heavy atom. The van der Waals surface area contributed by atoms with Gasteiger partial charge in [-0.3, -0.25) is 4.79 Å². The lowest BCUT2D eigenvalue weighted by molar-refractivity contribution is -0.138. The first-order valence-corrected chi connectivity index (χ1v) is 5.51. The van der Waals surface area contributed by atoms with Crippen LogP contribution in [0, 0.1) is 0 Å². The van der Waals surface area contributed by atoms with Crippen molar-refractivity contribution in [2.45, 2.75) is 13.3 Å². The third-order valence-corrected chi connectivity index (χ3v) is 2.22. The lowest BCUT2D eigenvalue weighted by Gasteiger charge is -2.16. The number of carboxylic acid groups (broad SMARTS) is 1. The molecule has 17 heavy (non-hydrogen) atoms. The Hall–Kier alpha value is -1.55. The molecule has 1 N–H and O–H groups in total. The monoisotopic (exact) mass is 257 g/mol. The number of aldehydes is 1. The lowest BCUT2D eigenvalue weighted by Crippen LogP contribution is -2.15. The van der Waals surface area contributed by atoms with Crippen LogP contribution in [0.1, 0.15) is 13.3 Å². The van der Waals surface area contributed by atoms with Crippen molar-refractivity contribution >= 4 is 29.5 Å². The van der Waals surface area contributed by atoms with Gasteiger partial charge in [0, 0.05) is 24.3 Å². The van der Waals surface area contributed by atoms with E-state index in [4.69, 9.17) is 16.7 Å². The summed E-state index contributed by atoms with van der Waals surface area (Å²) in [4.78, 5) is 20.7. The summed E-state index contributed by atoms with van der Waals surface area (Å²) in [5.74, 6) is -1.08. The summed E-state index contributed by atoms with van der Waals surface area (Å²) in [7, 11) is 2.05. The second kappa shape index (κ2) is 8.58. The largest absolute Gasteiger partial charge is 0.481 e. The van der Waals surface area contributed by atoms with E-state index < -0.39 is 5.97 Å². The first-order chi connectivity index (χ1) is 8.01. The molecule has 0 atom stereocenters. The second-order valence-electron chi connectivity index (χ2n) is 3.26. The Morgan fingerprint density at radius 3 is 2.53 bits per heavy atom. The first kappa shape index (κ1) is 15.4. The Labute approximate surface area is 106 Å². The predicted molar refractivity (Wildman–Crippen MR) is 68.7 cm³/mol. The number of carbonyl (C=O) groups excluding carboxylic acids is 1. The second-order valence-corrected chi connectivity index (χ2v) is 3.70. The van der Waals surface area contributed by atoms with Crippen LogP contribution >= 0.6 is 11.6 Å². The molecule has 1 aromatic rings. The molecule has 0 fully saturated rings. The maximum absolute atomic E-state index is 9.37. The van der Waals surface area contributed by atoms with Crippen LogP contribution in [0.5, 0.6) is 0 Å². The molecular weight excluding hydrogens is 242 g/mol. The van der Waals surface area contributed by atoms with Crippen molar-refractivity contribution < 1.29 is 14.7 Å². The van der Waals surface area contributed by atoms with Crippen molar-refractivity contribution in [2.24, 2.45) is 0 Å². The number of hydrogen-bond donors (Lipinski definition) is 1. The summed E-state index contributed by atoms with van der Waals surface area (Å²) in [5.41, 5.74) is 1.17. The summed E-state index contributed by atoms with van der Waals surface area (Å²) in [6, 6.07) is 7.86. The summed E-state index contributed by atoms with van der Waals surface area (Å²) >= 11 is 5.82. The maximum atomic E-state index is 9.37. The minimum absolute atomic E-state index is 0.350. The molecular formula is C12H16ClNO3. The molecule has 0 spiro atoms. The molecule has 0 bridgehead atoms. The molecule has 1 rings (SSSR count). The average molecular weight is 258 g/mol. The average Bonchev–Trinajstić information content (AvgIpc) is 2.28. The van der Waals surface area contributed by atoms with Gasteiger partial charge < -0.3 is 14.8 Å². The lowest BCUT2D eigenvalue weighted by atomic mass is 10.3. The molecule has 0 saturated carbocycles. The highest BCUT2D eigenvalue weighted by molar-refractivity contribution is 6.30. The molecule has 0 aliphatic carbocycles. The van der Waals surface area contributed by atoms with Crippen molar-refractivity contribution in [3.8, 4) is 0 Å². The van der Waals surface area contributed by atoms with Crippen molar-refractivity contribution in [1.29, 1.82) is 0 Å². The fourth-order valence-electron chi connectivity index (χ4n) is 0.967. The van der Waals surface area contributed by atoms with Gasteiger partial charge in [0.25, 0.3) is 0 Å². The van der Waals surface area contributed by atoms with Crippen LogP contribution in [-0.2, 0) is 9.59 Å². The number of benzene rings is 1. The van der Waals surface area contributed by atoms with E-state index in [0.29, 0.717) is 6.29 Å². The number of nitrogens with zero attached hydrogens (tertiary/aromatic N) is 1. The zero-order valence-electron chi connectivity index (χ0n) is 9.89. The smallest absolute Gasteiger partial charge is 0.310 e. The minimum atomic E-state index is -1.08. The van der Waals surface area contributed by atoms with E-state index in [9.17, 15) is 9.59 Å². The van der Waals surface area contributed by atoms with Gasteiger partial charge >= 0.3 is 5.97 Å². The minimum Gasteiger partial charge on any atom is -0.481 e. The van der Waals surface area contributed by atoms with Gasteiger partial charge in [0.2, 0.25) is 0 Å². The van der Waals surface area contributed by atoms with Gasteiger partial charge in [-0.1, -0.05) is 17.7 Å². The van der Waals surface area contributed by atoms with E-state index in [2.05, 4.69) is 17.9 Å². The van der Waals surface area contributed by atoms with Crippen LogP contribution in [0.4, 0.5) is 5.69 Å². The number of anilines is 1. The Kier molecular flexibility index (Phi) is 7.80. The van der Waals surface area contributed by atoms with E-state index in [1.54, 1.807) is 0 Å². The number of carbonyl (C=O) groups is 2. The van der Waals surface area contributed by atoms with Crippen LogP contribution in [0.3, 0.4) is 0 Å². The quantitative estimate of drug-likeness (QED) is 0.665. The van der Waals surface area contributed by atoms with Gasteiger partial charge in [-0.15, -0.1) is 0 Å². The number of aliphatic carboxylic acids is 1. The summed E-state index contributed by atoms with van der Waals surface area (Å²) in [6.07, 6.45) is -0.0394. The highest BCUT2D eigenvalue weighted by atomic mass is 35.5. The predicted octanol–water partition coefficient (Wildman–Crippen LogP) is 2.46. The zero-order chi connectivity index (χ0) is 13.3. The molecule has 0 heterocycles. The topological polar surface area (TPSA) is 57.6 Å². The van der Waals surface area contributed by atoms with Gasteiger partial charge in [0.15, 0.2) is 0 Å². The SMILES string of the molecule is CCN(C)c1cccc(Cl)c1.O=CCC(=O)O. The highest BCUT2D eigenvalue weighted by Gasteiger charge is 1.96. The molecule has 0 aliphatic heterocycles. The standard InChI is InChI=1S/C9H12ClN.C3H4O3/c1-3-11(2)9-6-4-5-8(10)7-9;4-2-1-3(5)6/h4-7H,3H2,1-2H3;2H,1H2,(H,5,6). The van der Waals surface area contributed by atoms with Gasteiger partial charge in [0.1, 0.15) is 12.7 Å². The van der Waals surface area contributed by atoms with Crippen LogP contribution in [0.15, 0.2) is 24.3 Å². The van der Waals surface area contributed by atoms with Crippen LogP contribution in [-0.4, -0.2) is 31.0 Å². The van der Waals surface area contributed by atoms with Crippen molar-refractivity contribution in [1.82, 2.24) is 0 Å². The Morgan fingerprint density at radius 1 is 1.53 bits per heavy atom. The highest BCUT2D eigenvalue weighted by Crippen LogP contribution is 2.17. The molecule has 0 amide bonds. The van der Waals surface area contributed by atoms with Crippen LogP contribution in [0.25, 0.3) is 0 Å². The molecule has 0 aliphatic rings. The third kappa shape index (κ3) is 7.36. The summed E-state index contributed by atoms with van der Waals surface area (Å²) in [6.45, 7) is 3.11. The van der Waals surface area contributed by atoms with Gasteiger partial charge in [-0.25, -0.2) is 0 Å². The molecule has 0 unspecified atom stereocenters. The van der Waals surface area contributed by atoms with Crippen molar-refractivity contribution in [2.75, 3.05) is 18.5 Å². The molecule has 0 radical (unpaired) electrons. The number of halogens is 1. The molecule has 94 valence electrons. The normalized spacial score (nSPS) is 8.88. The molecule has 1 aromatic carbocycles. The molecule has 5 heteroatoms. The number of carboxylic acids is 1. The summed E-state index contributed by atoms with van der Waals surface area (Å²) < 4.78 is 0. The van der Waals surface area contributed by atoms with Crippen molar-refractivity contribution in [3.63, 3.8) is 0 Å². The molecule has 4 nitrogen and oxygen atoms in total. The first-order valence-electron chi connectivity index (χ1n) is 5.13. The van der Waals surface area contributed by atoms with Crippen LogP contribution in [0.2, 0.25) is 5.02 Å². The van der Waals surface area contributed by atoms with Gasteiger partial charge in [0.05, 0.1) is 0 Å². The molecule has 0 aromatic heterocycles. The van der Waals surface area contributed by atoms with Gasteiger partial charge in [-0.05, 0) is 25.1 Å². The van der Waals surface area contributed by atoms with Crippen molar-refractivity contribution in [3.05, 3.63) is 29.3 Å². The van der Waals surface area contributed by atoms with E-state index in [1.807, 2.05) is 25.2 Å². The number of hydrogen-bond acceptors (Lipinski definition) is 3. The zero-order valence-corrected chi connectivity index (χ0v) is 10.6. The van der Waals surface area contributed by atoms with Crippen LogP contribution < -0.4 is 4.90 Å². The Bertz CT molecular complexity index is 369. The van der Waals surface area contributed by atoms with E-state index in [0.717, 1.165) is 11.6 Å². The fourth-order valence-corrected chi connectivity index (χ4v) is 1.15. The van der Waals surface area contributed by atoms with E-state index in [-0.39, 0.29) is 6.42 Å². The Balaban J connectivity index is 0.000000366. The van der Waals surface area contributed by atoms with E-state index in [1.165, 1.54) is 5.69 Å². The molecule has 0 saturated heterocycles. The number of rotatable bonds is 4. The van der Waals surface area contributed by atoms with E-state index >= 15 is 0 Å².